The number of rotatable bonds is 3. The number of hydrogen-bond acceptors (Lipinski definition) is 6. The molecule has 6 heteroatoms. The summed E-state index contributed by atoms with van der Waals surface area (Å²) in [6, 6.07) is -0.258. The van der Waals surface area contributed by atoms with Crippen LogP contribution in [0.15, 0.2) is 0 Å². The van der Waals surface area contributed by atoms with E-state index < -0.39 is 29.9 Å². The van der Waals surface area contributed by atoms with Crippen molar-refractivity contribution >= 4 is 11.8 Å². The van der Waals surface area contributed by atoms with E-state index in [4.69, 9.17) is 10.5 Å². The molecule has 2 rings (SSSR count). The quantitative estimate of drug-likeness (QED) is 0.507. The van der Waals surface area contributed by atoms with Crippen molar-refractivity contribution < 1.29 is 20.1 Å². The second kappa shape index (κ2) is 4.80. The van der Waals surface area contributed by atoms with Crippen LogP contribution in [0, 0.1) is 5.92 Å². The van der Waals surface area contributed by atoms with Gasteiger partial charge in [-0.25, -0.2) is 0 Å². The summed E-state index contributed by atoms with van der Waals surface area (Å²) in [6.45, 7) is 0. The van der Waals surface area contributed by atoms with Crippen LogP contribution in [0.2, 0.25) is 0 Å². The SMILES string of the molecule is CS[C@H]1O[C@H]([C@H](N)C2CC2)[C@H](O)[C@H](O)[C@H]1O. The molecule has 1 heterocycles. The molecule has 0 unspecified atom stereocenters. The lowest BCUT2D eigenvalue weighted by Crippen LogP contribution is -2.61. The smallest absolute Gasteiger partial charge is 0.132 e. The average Bonchev–Trinajstić information content (AvgIpc) is 3.09. The summed E-state index contributed by atoms with van der Waals surface area (Å²) < 4.78 is 5.57. The minimum atomic E-state index is -1.18. The van der Waals surface area contributed by atoms with Gasteiger partial charge in [0.15, 0.2) is 0 Å². The van der Waals surface area contributed by atoms with Gasteiger partial charge in [0, 0.05) is 6.04 Å². The summed E-state index contributed by atoms with van der Waals surface area (Å²) >= 11 is 1.31. The largest absolute Gasteiger partial charge is 0.388 e. The molecule has 6 atom stereocenters. The third-order valence-electron chi connectivity index (χ3n) is 3.38. The summed E-state index contributed by atoms with van der Waals surface area (Å²) in [5.74, 6) is 0.379. The van der Waals surface area contributed by atoms with Crippen molar-refractivity contribution in [1.29, 1.82) is 0 Å². The summed E-state index contributed by atoms with van der Waals surface area (Å²) in [5, 5.41) is 29.2. The molecule has 0 aromatic carbocycles. The topological polar surface area (TPSA) is 95.9 Å². The molecule has 0 aromatic heterocycles. The van der Waals surface area contributed by atoms with E-state index in [0.717, 1.165) is 12.8 Å². The first-order valence-corrected chi connectivity index (χ1v) is 6.83. The molecular weight excluding hydrogens is 230 g/mol. The lowest BCUT2D eigenvalue weighted by Gasteiger charge is -2.42. The Morgan fingerprint density at radius 3 is 2.31 bits per heavy atom. The Hall–Kier alpha value is 0.150. The average molecular weight is 249 g/mol. The van der Waals surface area contributed by atoms with Crippen molar-refractivity contribution in [1.82, 2.24) is 0 Å². The molecule has 0 amide bonds. The summed E-state index contributed by atoms with van der Waals surface area (Å²) in [4.78, 5) is 0. The van der Waals surface area contributed by atoms with Gasteiger partial charge in [0.05, 0.1) is 0 Å². The first kappa shape index (κ1) is 12.6. The van der Waals surface area contributed by atoms with Crippen LogP contribution < -0.4 is 5.73 Å². The Morgan fingerprint density at radius 1 is 1.19 bits per heavy atom. The number of ether oxygens (including phenoxy) is 1. The van der Waals surface area contributed by atoms with Crippen LogP contribution in [0.5, 0.6) is 0 Å². The zero-order chi connectivity index (χ0) is 11.9. The van der Waals surface area contributed by atoms with Crippen LogP contribution in [0.3, 0.4) is 0 Å². The first-order valence-electron chi connectivity index (χ1n) is 5.54. The van der Waals surface area contributed by atoms with Gasteiger partial charge >= 0.3 is 0 Å². The maximum Gasteiger partial charge on any atom is 0.132 e. The Kier molecular flexibility index (Phi) is 3.78. The van der Waals surface area contributed by atoms with Crippen LogP contribution in [0.25, 0.3) is 0 Å². The number of aliphatic hydroxyl groups is 3. The molecule has 2 fully saturated rings. The molecule has 94 valence electrons. The molecule has 1 aliphatic heterocycles. The van der Waals surface area contributed by atoms with Crippen molar-refractivity contribution in [3.05, 3.63) is 0 Å². The van der Waals surface area contributed by atoms with Gasteiger partial charge < -0.3 is 25.8 Å². The monoisotopic (exact) mass is 249 g/mol. The summed E-state index contributed by atoms with van der Waals surface area (Å²) in [6.07, 6.45) is -0.0315. The van der Waals surface area contributed by atoms with Gasteiger partial charge in [-0.15, -0.1) is 11.8 Å². The zero-order valence-electron chi connectivity index (χ0n) is 9.19. The third-order valence-corrected chi connectivity index (χ3v) is 4.24. The number of aliphatic hydroxyl groups excluding tert-OH is 3. The van der Waals surface area contributed by atoms with E-state index in [1.54, 1.807) is 6.26 Å². The lowest BCUT2D eigenvalue weighted by atomic mass is 9.93. The van der Waals surface area contributed by atoms with Crippen LogP contribution >= 0.6 is 11.8 Å². The maximum atomic E-state index is 9.84. The van der Waals surface area contributed by atoms with Gasteiger partial charge in [-0.3, -0.25) is 0 Å². The van der Waals surface area contributed by atoms with E-state index in [9.17, 15) is 15.3 Å². The zero-order valence-corrected chi connectivity index (χ0v) is 10.0. The Morgan fingerprint density at radius 2 is 1.81 bits per heavy atom. The highest BCUT2D eigenvalue weighted by atomic mass is 32.2. The molecule has 1 saturated carbocycles. The van der Waals surface area contributed by atoms with Crippen LogP contribution in [-0.4, -0.2) is 57.5 Å². The minimum absolute atomic E-state index is 0.258. The number of hydrogen-bond donors (Lipinski definition) is 4. The minimum Gasteiger partial charge on any atom is -0.388 e. The summed E-state index contributed by atoms with van der Waals surface area (Å²) in [7, 11) is 0. The van der Waals surface area contributed by atoms with E-state index in [1.165, 1.54) is 11.8 Å². The first-order chi connectivity index (χ1) is 7.56. The lowest BCUT2D eigenvalue weighted by molar-refractivity contribution is -0.203. The van der Waals surface area contributed by atoms with Gasteiger partial charge in [0.1, 0.15) is 29.9 Å². The maximum absolute atomic E-state index is 9.84. The molecule has 0 radical (unpaired) electrons. The Bertz CT molecular complexity index is 249. The molecular formula is C10H19NO4S. The van der Waals surface area contributed by atoms with Crippen LogP contribution in [-0.2, 0) is 4.74 Å². The van der Waals surface area contributed by atoms with E-state index in [-0.39, 0.29) is 6.04 Å². The molecule has 1 aliphatic carbocycles. The molecule has 2 aliphatic rings. The van der Waals surface area contributed by atoms with Crippen molar-refractivity contribution in [2.24, 2.45) is 11.7 Å². The highest BCUT2D eigenvalue weighted by Crippen LogP contribution is 2.37. The van der Waals surface area contributed by atoms with Gasteiger partial charge in [0.25, 0.3) is 0 Å². The molecule has 16 heavy (non-hydrogen) atoms. The van der Waals surface area contributed by atoms with Crippen molar-refractivity contribution in [3.63, 3.8) is 0 Å². The second-order valence-electron chi connectivity index (χ2n) is 4.59. The van der Waals surface area contributed by atoms with E-state index in [2.05, 4.69) is 0 Å². The van der Waals surface area contributed by atoms with Crippen molar-refractivity contribution in [2.45, 2.75) is 48.7 Å². The summed E-state index contributed by atoms with van der Waals surface area (Å²) in [5.41, 5.74) is 5.46. The molecule has 0 spiro atoms. The molecule has 5 N–H and O–H groups in total. The van der Waals surface area contributed by atoms with Gasteiger partial charge in [-0.2, -0.15) is 0 Å². The Balaban J connectivity index is 2.06. The van der Waals surface area contributed by atoms with Gasteiger partial charge in [-0.1, -0.05) is 0 Å². The predicted molar refractivity (Wildman–Crippen MR) is 60.9 cm³/mol. The fraction of sp³-hybridized carbons (Fsp3) is 1.00. The molecule has 0 bridgehead atoms. The second-order valence-corrected chi connectivity index (χ2v) is 5.53. The molecule has 5 nitrogen and oxygen atoms in total. The number of thioether (sulfide) groups is 1. The Labute approximate surface area is 99.0 Å². The van der Waals surface area contributed by atoms with Crippen LogP contribution in [0.4, 0.5) is 0 Å². The number of nitrogens with two attached hydrogens (primary N) is 1. The highest BCUT2D eigenvalue weighted by Gasteiger charge is 2.48. The molecule has 0 aromatic rings. The highest BCUT2D eigenvalue weighted by molar-refractivity contribution is 7.99. The third kappa shape index (κ3) is 2.23. The van der Waals surface area contributed by atoms with Crippen LogP contribution in [0.1, 0.15) is 12.8 Å². The van der Waals surface area contributed by atoms with E-state index >= 15 is 0 Å². The van der Waals surface area contributed by atoms with E-state index in [1.807, 2.05) is 0 Å². The van der Waals surface area contributed by atoms with E-state index in [0.29, 0.717) is 5.92 Å². The van der Waals surface area contributed by atoms with Crippen molar-refractivity contribution in [3.8, 4) is 0 Å². The van der Waals surface area contributed by atoms with Crippen molar-refractivity contribution in [2.75, 3.05) is 6.26 Å². The fourth-order valence-corrected chi connectivity index (χ4v) is 2.82. The fourth-order valence-electron chi connectivity index (χ4n) is 2.14. The molecule has 1 saturated heterocycles. The predicted octanol–water partition coefficient (Wildman–Crippen LogP) is -1.11. The normalized spacial score (nSPS) is 46.7. The standard InChI is InChI=1S/C10H19NO4S/c1-16-10-8(14)6(12)7(13)9(15-10)5(11)4-2-3-4/h4-10,12-14H,2-3,11H2,1H3/t5-,6+,7-,8-,9-,10-/m1/s1. The van der Waals surface area contributed by atoms with Gasteiger partial charge in [-0.05, 0) is 25.0 Å². The van der Waals surface area contributed by atoms with Gasteiger partial charge in [0.2, 0.25) is 0 Å².